The molecule has 0 amide bonds. The van der Waals surface area contributed by atoms with Gasteiger partial charge in [0, 0.05) is 19.2 Å². The van der Waals surface area contributed by atoms with Gasteiger partial charge in [-0.3, -0.25) is 0 Å². The molecule has 0 aromatic carbocycles. The summed E-state index contributed by atoms with van der Waals surface area (Å²) in [5.41, 5.74) is 0.194. The Balaban J connectivity index is 1.47. The number of hydrogen-bond acceptors (Lipinski definition) is 3. The SMILES string of the molecule is OC1CCCCC1CNC1CCOC2(CCCCC2)C1. The summed E-state index contributed by atoms with van der Waals surface area (Å²) in [6.45, 7) is 1.92. The topological polar surface area (TPSA) is 41.5 Å². The van der Waals surface area contributed by atoms with Gasteiger partial charge >= 0.3 is 0 Å². The molecule has 3 unspecified atom stereocenters. The van der Waals surface area contributed by atoms with Crippen LogP contribution >= 0.6 is 0 Å². The van der Waals surface area contributed by atoms with Crippen LogP contribution in [0, 0.1) is 5.92 Å². The maximum atomic E-state index is 10.1. The van der Waals surface area contributed by atoms with Gasteiger partial charge in [0.15, 0.2) is 0 Å². The minimum absolute atomic E-state index is 0.0697. The summed E-state index contributed by atoms with van der Waals surface area (Å²) in [6.07, 6.45) is 13.6. The molecular weight excluding hydrogens is 250 g/mol. The fraction of sp³-hybridized carbons (Fsp3) is 1.00. The van der Waals surface area contributed by atoms with E-state index >= 15 is 0 Å². The summed E-state index contributed by atoms with van der Waals surface area (Å²) in [7, 11) is 0. The van der Waals surface area contributed by atoms with E-state index in [4.69, 9.17) is 4.74 Å². The van der Waals surface area contributed by atoms with Crippen molar-refractivity contribution in [1.29, 1.82) is 0 Å². The number of aliphatic hydroxyl groups excluding tert-OH is 1. The van der Waals surface area contributed by atoms with Gasteiger partial charge in [-0.05, 0) is 44.4 Å². The molecule has 0 aromatic rings. The van der Waals surface area contributed by atoms with Gasteiger partial charge < -0.3 is 15.2 Å². The Kier molecular flexibility index (Phi) is 5.00. The van der Waals surface area contributed by atoms with E-state index in [2.05, 4.69) is 5.32 Å². The number of rotatable bonds is 3. The number of ether oxygens (including phenoxy) is 1. The van der Waals surface area contributed by atoms with Gasteiger partial charge in [0.2, 0.25) is 0 Å². The van der Waals surface area contributed by atoms with E-state index in [1.54, 1.807) is 0 Å². The predicted octanol–water partition coefficient (Wildman–Crippen LogP) is 3.01. The van der Waals surface area contributed by atoms with Gasteiger partial charge in [-0.2, -0.15) is 0 Å². The van der Waals surface area contributed by atoms with E-state index in [9.17, 15) is 5.11 Å². The average molecular weight is 281 g/mol. The fourth-order valence-corrected chi connectivity index (χ4v) is 4.49. The van der Waals surface area contributed by atoms with Crippen LogP contribution in [0.1, 0.15) is 70.6 Å². The van der Waals surface area contributed by atoms with Crippen LogP contribution in [0.5, 0.6) is 0 Å². The van der Waals surface area contributed by atoms with E-state index in [0.717, 1.165) is 26.0 Å². The van der Waals surface area contributed by atoms with Crippen molar-refractivity contribution in [2.75, 3.05) is 13.2 Å². The maximum Gasteiger partial charge on any atom is 0.0697 e. The Labute approximate surface area is 123 Å². The van der Waals surface area contributed by atoms with Crippen molar-refractivity contribution < 1.29 is 9.84 Å². The lowest BCUT2D eigenvalue weighted by molar-refractivity contribution is -0.109. The summed E-state index contributed by atoms with van der Waals surface area (Å²) in [5.74, 6) is 0.480. The number of hydrogen-bond donors (Lipinski definition) is 2. The van der Waals surface area contributed by atoms with E-state index in [1.165, 1.54) is 57.8 Å². The highest BCUT2D eigenvalue weighted by Gasteiger charge is 2.38. The lowest BCUT2D eigenvalue weighted by Gasteiger charge is -2.44. The van der Waals surface area contributed by atoms with Crippen molar-refractivity contribution >= 4 is 0 Å². The minimum atomic E-state index is -0.0697. The van der Waals surface area contributed by atoms with Crippen molar-refractivity contribution in [2.24, 2.45) is 5.92 Å². The zero-order valence-corrected chi connectivity index (χ0v) is 12.8. The van der Waals surface area contributed by atoms with Gasteiger partial charge in [0.25, 0.3) is 0 Å². The van der Waals surface area contributed by atoms with E-state index in [-0.39, 0.29) is 11.7 Å². The van der Waals surface area contributed by atoms with E-state index in [0.29, 0.717) is 12.0 Å². The first-order chi connectivity index (χ1) is 9.77. The first kappa shape index (κ1) is 14.8. The number of aliphatic hydroxyl groups is 1. The zero-order valence-electron chi connectivity index (χ0n) is 12.8. The van der Waals surface area contributed by atoms with Crippen LogP contribution in [0.4, 0.5) is 0 Å². The van der Waals surface area contributed by atoms with Crippen LogP contribution < -0.4 is 5.32 Å². The zero-order chi connectivity index (χ0) is 13.8. The first-order valence-electron chi connectivity index (χ1n) is 8.83. The summed E-state index contributed by atoms with van der Waals surface area (Å²) in [5, 5.41) is 13.8. The van der Waals surface area contributed by atoms with Crippen molar-refractivity contribution in [3.63, 3.8) is 0 Å². The highest BCUT2D eigenvalue weighted by molar-refractivity contribution is 4.92. The molecule has 3 aliphatic rings. The van der Waals surface area contributed by atoms with Crippen LogP contribution in [0.25, 0.3) is 0 Å². The summed E-state index contributed by atoms with van der Waals surface area (Å²) < 4.78 is 6.16. The Morgan fingerprint density at radius 2 is 1.80 bits per heavy atom. The quantitative estimate of drug-likeness (QED) is 0.835. The minimum Gasteiger partial charge on any atom is -0.393 e. The first-order valence-corrected chi connectivity index (χ1v) is 8.83. The maximum absolute atomic E-state index is 10.1. The van der Waals surface area contributed by atoms with E-state index in [1.807, 2.05) is 0 Å². The second kappa shape index (κ2) is 6.76. The molecule has 3 fully saturated rings. The standard InChI is InChI=1S/C17H31NO2/c19-16-7-3-2-6-14(16)13-18-15-8-11-20-17(12-15)9-4-1-5-10-17/h14-16,18-19H,1-13H2. The van der Waals surface area contributed by atoms with Crippen LogP contribution in [-0.2, 0) is 4.74 Å². The third-order valence-electron chi connectivity index (χ3n) is 5.80. The molecule has 0 radical (unpaired) electrons. The van der Waals surface area contributed by atoms with Gasteiger partial charge in [-0.15, -0.1) is 0 Å². The molecule has 0 aromatic heterocycles. The lowest BCUT2D eigenvalue weighted by atomic mass is 9.78. The third kappa shape index (κ3) is 3.55. The smallest absolute Gasteiger partial charge is 0.0697 e. The molecule has 2 saturated carbocycles. The Morgan fingerprint density at radius 3 is 2.60 bits per heavy atom. The molecule has 1 aliphatic heterocycles. The van der Waals surface area contributed by atoms with Crippen molar-refractivity contribution in [2.45, 2.75) is 88.4 Å². The largest absolute Gasteiger partial charge is 0.393 e. The molecule has 1 spiro atoms. The van der Waals surface area contributed by atoms with Crippen LogP contribution in [0.2, 0.25) is 0 Å². The highest BCUT2D eigenvalue weighted by atomic mass is 16.5. The summed E-state index contributed by atoms with van der Waals surface area (Å²) >= 11 is 0. The fourth-order valence-electron chi connectivity index (χ4n) is 4.49. The second-order valence-corrected chi connectivity index (χ2v) is 7.30. The molecule has 1 heterocycles. The molecule has 3 heteroatoms. The lowest BCUT2D eigenvalue weighted by Crippen LogP contribution is -2.49. The molecular formula is C17H31NO2. The summed E-state index contributed by atoms with van der Waals surface area (Å²) in [4.78, 5) is 0. The van der Waals surface area contributed by atoms with Crippen molar-refractivity contribution in [1.82, 2.24) is 5.32 Å². The predicted molar refractivity (Wildman–Crippen MR) is 80.8 cm³/mol. The molecule has 2 aliphatic carbocycles. The second-order valence-electron chi connectivity index (χ2n) is 7.30. The molecule has 2 N–H and O–H groups in total. The normalized spacial score (nSPS) is 38.0. The Hall–Kier alpha value is -0.120. The van der Waals surface area contributed by atoms with Gasteiger partial charge in [0.1, 0.15) is 0 Å². The Bertz CT molecular complexity index is 296. The molecule has 3 atom stereocenters. The molecule has 3 rings (SSSR count). The van der Waals surface area contributed by atoms with Gasteiger partial charge in [-0.1, -0.05) is 32.1 Å². The molecule has 20 heavy (non-hydrogen) atoms. The van der Waals surface area contributed by atoms with Crippen LogP contribution in [0.15, 0.2) is 0 Å². The van der Waals surface area contributed by atoms with Gasteiger partial charge in [0.05, 0.1) is 11.7 Å². The highest BCUT2D eigenvalue weighted by Crippen LogP contribution is 2.38. The number of nitrogens with one attached hydrogen (secondary N) is 1. The monoisotopic (exact) mass is 281 g/mol. The average Bonchev–Trinajstić information content (AvgIpc) is 2.47. The summed E-state index contributed by atoms with van der Waals surface area (Å²) in [6, 6.07) is 0.607. The molecule has 1 saturated heterocycles. The van der Waals surface area contributed by atoms with Crippen molar-refractivity contribution in [3.05, 3.63) is 0 Å². The Morgan fingerprint density at radius 1 is 1.00 bits per heavy atom. The van der Waals surface area contributed by atoms with Crippen molar-refractivity contribution in [3.8, 4) is 0 Å². The van der Waals surface area contributed by atoms with Crippen LogP contribution in [0.3, 0.4) is 0 Å². The van der Waals surface area contributed by atoms with Gasteiger partial charge in [-0.25, -0.2) is 0 Å². The van der Waals surface area contributed by atoms with E-state index < -0.39 is 0 Å². The molecule has 3 nitrogen and oxygen atoms in total. The third-order valence-corrected chi connectivity index (χ3v) is 5.80. The van der Waals surface area contributed by atoms with Crippen LogP contribution in [-0.4, -0.2) is 36.0 Å². The molecule has 116 valence electrons. The molecule has 0 bridgehead atoms.